The number of carbonyl (C=O) groups excluding carboxylic acids is 1. The van der Waals surface area contributed by atoms with E-state index in [0.29, 0.717) is 12.2 Å². The van der Waals surface area contributed by atoms with Crippen LogP contribution in [0.1, 0.15) is 25.1 Å². The van der Waals surface area contributed by atoms with Crippen LogP contribution >= 0.6 is 0 Å². The molecule has 0 spiro atoms. The van der Waals surface area contributed by atoms with Crippen LogP contribution in [0.4, 0.5) is 11.5 Å². The third kappa shape index (κ3) is 5.07. The highest BCUT2D eigenvalue weighted by atomic mass is 16.5. The fourth-order valence-corrected chi connectivity index (χ4v) is 3.02. The molecule has 0 saturated carbocycles. The molecule has 0 aliphatic heterocycles. The van der Waals surface area contributed by atoms with Gasteiger partial charge in [0.25, 0.3) is 0 Å². The van der Waals surface area contributed by atoms with E-state index in [-0.39, 0.29) is 25.0 Å². The number of para-hydroxylation sites is 1. The van der Waals surface area contributed by atoms with Gasteiger partial charge >= 0.3 is 5.97 Å². The quantitative estimate of drug-likeness (QED) is 0.591. The van der Waals surface area contributed by atoms with E-state index >= 15 is 0 Å². The zero-order chi connectivity index (χ0) is 20.8. The number of carboxylic acids is 1. The number of aliphatic carboxylic acids is 1. The SMILES string of the molecule is COc1ccc(N(C)c2nc(CCC(=O)CCC(=O)O)nc3ccccc23)cc1. The number of ketones is 1. The number of carboxylic acid groups (broad SMARTS) is 1. The van der Waals surface area contributed by atoms with E-state index in [9.17, 15) is 9.59 Å². The minimum absolute atomic E-state index is 0.0293. The van der Waals surface area contributed by atoms with Gasteiger partial charge < -0.3 is 14.7 Å². The summed E-state index contributed by atoms with van der Waals surface area (Å²) in [7, 11) is 3.55. The molecule has 0 aliphatic carbocycles. The molecule has 0 aliphatic rings. The monoisotopic (exact) mass is 393 g/mol. The number of methoxy groups -OCH3 is 1. The van der Waals surface area contributed by atoms with Crippen LogP contribution in [0, 0.1) is 0 Å². The summed E-state index contributed by atoms with van der Waals surface area (Å²) < 4.78 is 5.22. The van der Waals surface area contributed by atoms with Crippen LogP contribution < -0.4 is 9.64 Å². The average Bonchev–Trinajstić information content (AvgIpc) is 2.75. The maximum Gasteiger partial charge on any atom is 0.303 e. The molecule has 0 atom stereocenters. The molecular formula is C22H23N3O4. The van der Waals surface area contributed by atoms with Crippen LogP contribution in [0.3, 0.4) is 0 Å². The Kier molecular flexibility index (Phi) is 6.39. The highest BCUT2D eigenvalue weighted by Crippen LogP contribution is 2.30. The van der Waals surface area contributed by atoms with Crippen molar-refractivity contribution >= 4 is 34.2 Å². The summed E-state index contributed by atoms with van der Waals surface area (Å²) in [6.07, 6.45) is 0.467. The fourth-order valence-electron chi connectivity index (χ4n) is 3.02. The van der Waals surface area contributed by atoms with Crippen molar-refractivity contribution < 1.29 is 19.4 Å². The third-order valence-corrected chi connectivity index (χ3v) is 4.65. The van der Waals surface area contributed by atoms with E-state index in [0.717, 1.165) is 28.2 Å². The molecule has 150 valence electrons. The maximum absolute atomic E-state index is 11.9. The lowest BCUT2D eigenvalue weighted by atomic mass is 10.1. The molecule has 0 saturated heterocycles. The lowest BCUT2D eigenvalue weighted by molar-refractivity contribution is -0.138. The number of rotatable bonds is 9. The summed E-state index contributed by atoms with van der Waals surface area (Å²) in [5.41, 5.74) is 1.74. The average molecular weight is 393 g/mol. The van der Waals surface area contributed by atoms with Crippen molar-refractivity contribution in [3.8, 4) is 5.75 Å². The Labute approximate surface area is 169 Å². The minimum atomic E-state index is -0.969. The van der Waals surface area contributed by atoms with E-state index in [4.69, 9.17) is 14.8 Å². The molecule has 2 aromatic carbocycles. The van der Waals surface area contributed by atoms with Crippen molar-refractivity contribution in [2.45, 2.75) is 25.7 Å². The molecule has 0 bridgehead atoms. The van der Waals surface area contributed by atoms with Crippen LogP contribution in [-0.2, 0) is 16.0 Å². The number of aromatic nitrogens is 2. The third-order valence-electron chi connectivity index (χ3n) is 4.65. The Morgan fingerprint density at radius 1 is 1.00 bits per heavy atom. The van der Waals surface area contributed by atoms with Gasteiger partial charge in [0, 0.05) is 37.4 Å². The van der Waals surface area contributed by atoms with Crippen molar-refractivity contribution in [1.82, 2.24) is 9.97 Å². The second-order valence-electron chi connectivity index (χ2n) is 6.67. The molecule has 0 fully saturated rings. The van der Waals surface area contributed by atoms with E-state index in [1.807, 2.05) is 60.5 Å². The second-order valence-corrected chi connectivity index (χ2v) is 6.67. The number of fused-ring (bicyclic) bond motifs is 1. The standard InChI is InChI=1S/C22H23N3O4/c1-25(15-7-11-17(29-2)12-8-15)22-18-5-3-4-6-19(18)23-20(24-22)13-9-16(26)10-14-21(27)28/h3-8,11-12H,9-10,13-14H2,1-2H3,(H,27,28). The van der Waals surface area contributed by atoms with Gasteiger partial charge in [-0.3, -0.25) is 9.59 Å². The minimum Gasteiger partial charge on any atom is -0.497 e. The Morgan fingerprint density at radius 2 is 1.72 bits per heavy atom. The first kappa shape index (κ1) is 20.3. The highest BCUT2D eigenvalue weighted by Gasteiger charge is 2.14. The predicted molar refractivity (Wildman–Crippen MR) is 111 cm³/mol. The number of hydrogen-bond donors (Lipinski definition) is 1. The smallest absolute Gasteiger partial charge is 0.303 e. The van der Waals surface area contributed by atoms with E-state index < -0.39 is 5.97 Å². The number of nitrogens with zero attached hydrogens (tertiary/aromatic N) is 3. The van der Waals surface area contributed by atoms with Crippen molar-refractivity contribution in [2.75, 3.05) is 19.1 Å². The number of ether oxygens (including phenoxy) is 1. The van der Waals surface area contributed by atoms with Gasteiger partial charge in [0.15, 0.2) is 0 Å². The van der Waals surface area contributed by atoms with Gasteiger partial charge in [-0.05, 0) is 36.4 Å². The Bertz CT molecular complexity index is 1020. The number of benzene rings is 2. The Hall–Kier alpha value is -3.48. The molecule has 0 amide bonds. The van der Waals surface area contributed by atoms with Crippen molar-refractivity contribution in [1.29, 1.82) is 0 Å². The summed E-state index contributed by atoms with van der Waals surface area (Å²) >= 11 is 0. The van der Waals surface area contributed by atoms with Crippen LogP contribution in [0.5, 0.6) is 5.75 Å². The molecular weight excluding hydrogens is 370 g/mol. The van der Waals surface area contributed by atoms with Gasteiger partial charge in [0.05, 0.1) is 19.0 Å². The number of hydrogen-bond acceptors (Lipinski definition) is 6. The first-order valence-electron chi connectivity index (χ1n) is 9.35. The van der Waals surface area contributed by atoms with Crippen LogP contribution in [0.25, 0.3) is 10.9 Å². The summed E-state index contributed by atoms with van der Waals surface area (Å²) in [6, 6.07) is 15.4. The number of aryl methyl sites for hydroxylation is 1. The van der Waals surface area contributed by atoms with Crippen molar-refractivity contribution in [3.63, 3.8) is 0 Å². The second kappa shape index (κ2) is 9.14. The topological polar surface area (TPSA) is 92.6 Å². The van der Waals surface area contributed by atoms with Gasteiger partial charge in [-0.25, -0.2) is 9.97 Å². The summed E-state index contributed by atoms with van der Waals surface area (Å²) in [5.74, 6) is 1.00. The largest absolute Gasteiger partial charge is 0.497 e. The lowest BCUT2D eigenvalue weighted by Crippen LogP contribution is -2.14. The number of carbonyl (C=O) groups is 2. The Balaban J connectivity index is 1.87. The van der Waals surface area contributed by atoms with Gasteiger partial charge in [-0.2, -0.15) is 0 Å². The molecule has 0 unspecified atom stereocenters. The van der Waals surface area contributed by atoms with E-state index in [2.05, 4.69) is 4.98 Å². The molecule has 3 rings (SSSR count). The van der Waals surface area contributed by atoms with Gasteiger partial charge in [0.1, 0.15) is 23.2 Å². The molecule has 0 radical (unpaired) electrons. The van der Waals surface area contributed by atoms with Crippen LogP contribution in [0.2, 0.25) is 0 Å². The van der Waals surface area contributed by atoms with Crippen LogP contribution in [0.15, 0.2) is 48.5 Å². The molecule has 1 heterocycles. The van der Waals surface area contributed by atoms with Crippen molar-refractivity contribution in [2.24, 2.45) is 0 Å². The molecule has 1 aromatic heterocycles. The maximum atomic E-state index is 11.9. The fraction of sp³-hybridized carbons (Fsp3) is 0.273. The molecule has 7 nitrogen and oxygen atoms in total. The first-order chi connectivity index (χ1) is 14.0. The summed E-state index contributed by atoms with van der Waals surface area (Å²) in [6.45, 7) is 0. The molecule has 3 aromatic rings. The van der Waals surface area contributed by atoms with Crippen molar-refractivity contribution in [3.05, 3.63) is 54.4 Å². The Morgan fingerprint density at radius 3 is 2.41 bits per heavy atom. The zero-order valence-corrected chi connectivity index (χ0v) is 16.5. The zero-order valence-electron chi connectivity index (χ0n) is 16.5. The van der Waals surface area contributed by atoms with Gasteiger partial charge in [-0.1, -0.05) is 12.1 Å². The first-order valence-corrected chi connectivity index (χ1v) is 9.35. The van der Waals surface area contributed by atoms with E-state index in [1.54, 1.807) is 7.11 Å². The normalized spacial score (nSPS) is 10.7. The summed E-state index contributed by atoms with van der Waals surface area (Å²) in [5, 5.41) is 9.62. The lowest BCUT2D eigenvalue weighted by Gasteiger charge is -2.21. The van der Waals surface area contributed by atoms with E-state index in [1.165, 1.54) is 0 Å². The molecule has 1 N–H and O–H groups in total. The van der Waals surface area contributed by atoms with Crippen LogP contribution in [-0.4, -0.2) is 41.0 Å². The molecule has 29 heavy (non-hydrogen) atoms. The van der Waals surface area contributed by atoms with Gasteiger partial charge in [-0.15, -0.1) is 0 Å². The number of anilines is 2. The predicted octanol–water partition coefficient (Wildman–Crippen LogP) is 3.77. The highest BCUT2D eigenvalue weighted by molar-refractivity contribution is 5.91. The summed E-state index contributed by atoms with van der Waals surface area (Å²) in [4.78, 5) is 33.8. The number of Topliss-reactive ketones (excluding diaryl/α,β-unsaturated/α-hetero) is 1. The van der Waals surface area contributed by atoms with Gasteiger partial charge in [0.2, 0.25) is 0 Å². The molecule has 7 heteroatoms.